The molecule has 1 amide bonds. The van der Waals surface area contributed by atoms with E-state index in [1.165, 1.54) is 6.20 Å². The van der Waals surface area contributed by atoms with Crippen LogP contribution in [0.2, 0.25) is 0 Å². The predicted molar refractivity (Wildman–Crippen MR) is 117 cm³/mol. The quantitative estimate of drug-likeness (QED) is 0.590. The number of carboxylic acid groups (broad SMARTS) is 1. The van der Waals surface area contributed by atoms with Gasteiger partial charge in [0.25, 0.3) is 0 Å². The molecular weight excluding hydrogens is 417 g/mol. The van der Waals surface area contributed by atoms with E-state index in [-0.39, 0.29) is 40.9 Å². The maximum absolute atomic E-state index is 15.0. The van der Waals surface area contributed by atoms with Gasteiger partial charge in [0, 0.05) is 24.8 Å². The summed E-state index contributed by atoms with van der Waals surface area (Å²) in [6.07, 6.45) is 3.57. The van der Waals surface area contributed by atoms with Crippen molar-refractivity contribution in [3.05, 3.63) is 33.9 Å². The van der Waals surface area contributed by atoms with Gasteiger partial charge in [-0.2, -0.15) is 0 Å². The van der Waals surface area contributed by atoms with Crippen molar-refractivity contribution in [3.8, 4) is 0 Å². The number of halogens is 1. The number of pyridine rings is 2. The summed E-state index contributed by atoms with van der Waals surface area (Å²) < 4.78 is 16.6. The SMILES string of the molecule is CC(C)C[C@H](N)C(=O)N[C@@H]1CN(c2nc3c(cc2F)c(=O)c(C(=O)O)cn3C2CC2)[C@H]1C. The van der Waals surface area contributed by atoms with Crippen LogP contribution in [0, 0.1) is 11.7 Å². The van der Waals surface area contributed by atoms with Gasteiger partial charge in [0.05, 0.1) is 17.5 Å². The van der Waals surface area contributed by atoms with E-state index in [0.717, 1.165) is 18.9 Å². The first-order valence-electron chi connectivity index (χ1n) is 10.9. The molecule has 0 aromatic carbocycles. The zero-order valence-corrected chi connectivity index (χ0v) is 18.3. The highest BCUT2D eigenvalue weighted by Gasteiger charge is 2.40. The fourth-order valence-electron chi connectivity index (χ4n) is 4.18. The Balaban J connectivity index is 1.61. The number of nitrogens with two attached hydrogens (primary N) is 1. The molecule has 3 heterocycles. The van der Waals surface area contributed by atoms with E-state index in [1.807, 2.05) is 20.8 Å². The summed E-state index contributed by atoms with van der Waals surface area (Å²) in [5, 5.41) is 12.2. The molecule has 0 spiro atoms. The minimum Gasteiger partial charge on any atom is -0.477 e. The molecule has 0 radical (unpaired) electrons. The number of anilines is 1. The molecule has 10 heteroatoms. The van der Waals surface area contributed by atoms with Crippen molar-refractivity contribution in [1.29, 1.82) is 0 Å². The van der Waals surface area contributed by atoms with Crippen LogP contribution < -0.4 is 21.4 Å². The molecule has 9 nitrogen and oxygen atoms in total. The summed E-state index contributed by atoms with van der Waals surface area (Å²) in [5.74, 6) is -1.90. The molecule has 1 saturated carbocycles. The number of fused-ring (bicyclic) bond motifs is 1. The lowest BCUT2D eigenvalue weighted by atomic mass is 9.96. The molecule has 1 aliphatic carbocycles. The van der Waals surface area contributed by atoms with E-state index >= 15 is 0 Å². The van der Waals surface area contributed by atoms with Crippen LogP contribution in [0.25, 0.3) is 11.0 Å². The summed E-state index contributed by atoms with van der Waals surface area (Å²) in [4.78, 5) is 42.6. The molecule has 2 aromatic heterocycles. The third-order valence-electron chi connectivity index (χ3n) is 6.24. The van der Waals surface area contributed by atoms with Gasteiger partial charge >= 0.3 is 5.97 Å². The maximum Gasteiger partial charge on any atom is 0.341 e. The molecule has 2 fully saturated rings. The lowest BCUT2D eigenvalue weighted by Crippen LogP contribution is -2.67. The number of carbonyl (C=O) groups is 2. The van der Waals surface area contributed by atoms with Crippen LogP contribution in [0.3, 0.4) is 0 Å². The first-order valence-corrected chi connectivity index (χ1v) is 10.9. The standard InChI is InChI=1S/C22H28FN5O4/c1-10(2)6-16(24)21(30)25-17-9-27(11(17)3)20-15(23)7-13-18(29)14(22(31)32)8-28(12-4-5-12)19(13)26-20/h7-8,10-12,16-17H,4-6,9,24H2,1-3H3,(H,25,30)(H,31,32)/t11-,16-,17+/m0/s1. The Labute approximate surface area is 184 Å². The summed E-state index contributed by atoms with van der Waals surface area (Å²) in [5.41, 5.74) is 5.09. The van der Waals surface area contributed by atoms with Gasteiger partial charge in [-0.25, -0.2) is 14.2 Å². The minimum atomic E-state index is -1.35. The van der Waals surface area contributed by atoms with Crippen molar-refractivity contribution in [3.63, 3.8) is 0 Å². The summed E-state index contributed by atoms with van der Waals surface area (Å²) >= 11 is 0. The highest BCUT2D eigenvalue weighted by Crippen LogP contribution is 2.37. The van der Waals surface area contributed by atoms with E-state index in [9.17, 15) is 23.9 Å². The van der Waals surface area contributed by atoms with Crippen LogP contribution in [0.5, 0.6) is 0 Å². The second kappa shape index (κ2) is 8.16. The second-order valence-electron chi connectivity index (χ2n) is 9.22. The first kappa shape index (κ1) is 22.2. The Morgan fingerprint density at radius 3 is 2.62 bits per heavy atom. The van der Waals surface area contributed by atoms with Crippen LogP contribution in [0.15, 0.2) is 17.1 Å². The molecule has 172 valence electrons. The fraction of sp³-hybridized carbons (Fsp3) is 0.545. The summed E-state index contributed by atoms with van der Waals surface area (Å²) in [6.45, 7) is 6.21. The van der Waals surface area contributed by atoms with E-state index in [1.54, 1.807) is 9.47 Å². The highest BCUT2D eigenvalue weighted by molar-refractivity contribution is 5.92. The monoisotopic (exact) mass is 445 g/mol. The van der Waals surface area contributed by atoms with Crippen LogP contribution in [0.1, 0.15) is 56.4 Å². The predicted octanol–water partition coefficient (Wildman–Crippen LogP) is 1.64. The molecule has 3 atom stereocenters. The Morgan fingerprint density at radius 2 is 2.06 bits per heavy atom. The molecule has 0 unspecified atom stereocenters. The third-order valence-corrected chi connectivity index (χ3v) is 6.24. The lowest BCUT2D eigenvalue weighted by molar-refractivity contribution is -0.123. The van der Waals surface area contributed by atoms with Crippen LogP contribution in [0.4, 0.5) is 10.2 Å². The topological polar surface area (TPSA) is 131 Å². The van der Waals surface area contributed by atoms with Gasteiger partial charge in [-0.15, -0.1) is 0 Å². The Hall–Kier alpha value is -3.01. The minimum absolute atomic E-state index is 0.0456. The normalized spacial score (nSPS) is 21.5. The van der Waals surface area contributed by atoms with Crippen molar-refractivity contribution >= 4 is 28.7 Å². The zero-order valence-electron chi connectivity index (χ0n) is 18.3. The van der Waals surface area contributed by atoms with Gasteiger partial charge in [0.2, 0.25) is 11.3 Å². The molecule has 1 saturated heterocycles. The number of rotatable bonds is 7. The van der Waals surface area contributed by atoms with Crippen molar-refractivity contribution in [2.75, 3.05) is 11.4 Å². The maximum atomic E-state index is 15.0. The van der Waals surface area contributed by atoms with Gasteiger partial charge in [-0.3, -0.25) is 9.59 Å². The van der Waals surface area contributed by atoms with Crippen molar-refractivity contribution in [2.45, 2.75) is 64.2 Å². The highest BCUT2D eigenvalue weighted by atomic mass is 19.1. The number of nitrogens with one attached hydrogen (secondary N) is 1. The number of carboxylic acids is 1. The first-order chi connectivity index (χ1) is 15.1. The average molecular weight is 445 g/mol. The van der Waals surface area contributed by atoms with Gasteiger partial charge in [-0.05, 0) is 38.2 Å². The van der Waals surface area contributed by atoms with Gasteiger partial charge < -0.3 is 25.6 Å². The number of aromatic carboxylic acids is 1. The number of aromatic nitrogens is 2. The van der Waals surface area contributed by atoms with Crippen molar-refractivity contribution in [2.24, 2.45) is 11.7 Å². The molecule has 0 bridgehead atoms. The summed E-state index contributed by atoms with van der Waals surface area (Å²) in [7, 11) is 0. The van der Waals surface area contributed by atoms with Crippen LogP contribution >= 0.6 is 0 Å². The van der Waals surface area contributed by atoms with Crippen molar-refractivity contribution in [1.82, 2.24) is 14.9 Å². The second-order valence-corrected chi connectivity index (χ2v) is 9.22. The van der Waals surface area contributed by atoms with E-state index < -0.39 is 28.8 Å². The van der Waals surface area contributed by atoms with Crippen LogP contribution in [-0.4, -0.2) is 51.2 Å². The molecule has 4 N–H and O–H groups in total. The number of hydrogen-bond donors (Lipinski definition) is 3. The van der Waals surface area contributed by atoms with Crippen LogP contribution in [-0.2, 0) is 4.79 Å². The van der Waals surface area contributed by atoms with Crippen molar-refractivity contribution < 1.29 is 19.1 Å². The molecule has 1 aliphatic heterocycles. The largest absolute Gasteiger partial charge is 0.477 e. The Kier molecular flexibility index (Phi) is 5.66. The number of carbonyl (C=O) groups excluding carboxylic acids is 1. The Morgan fingerprint density at radius 1 is 1.38 bits per heavy atom. The number of amides is 1. The smallest absolute Gasteiger partial charge is 0.341 e. The molecule has 2 aliphatic rings. The number of hydrogen-bond acceptors (Lipinski definition) is 6. The van der Waals surface area contributed by atoms with E-state index in [0.29, 0.717) is 18.9 Å². The van der Waals surface area contributed by atoms with Gasteiger partial charge in [0.1, 0.15) is 11.2 Å². The molecule has 4 rings (SSSR count). The van der Waals surface area contributed by atoms with Gasteiger partial charge in [0.15, 0.2) is 11.6 Å². The molecular formula is C22H28FN5O4. The van der Waals surface area contributed by atoms with E-state index in [2.05, 4.69) is 10.3 Å². The number of nitrogens with zero attached hydrogens (tertiary/aromatic N) is 3. The van der Waals surface area contributed by atoms with E-state index in [4.69, 9.17) is 5.73 Å². The Bertz CT molecular complexity index is 1140. The summed E-state index contributed by atoms with van der Waals surface area (Å²) in [6, 6.07) is 0.109. The average Bonchev–Trinajstić information content (AvgIpc) is 3.55. The zero-order chi connectivity index (χ0) is 23.3. The fourth-order valence-corrected chi connectivity index (χ4v) is 4.18. The third kappa shape index (κ3) is 3.94. The lowest BCUT2D eigenvalue weighted by Gasteiger charge is -2.47. The molecule has 32 heavy (non-hydrogen) atoms. The molecule has 2 aromatic rings. The van der Waals surface area contributed by atoms with Gasteiger partial charge in [-0.1, -0.05) is 13.8 Å².